The molecule has 0 bridgehead atoms. The number of aryl methyl sites for hydroxylation is 1. The smallest absolute Gasteiger partial charge is 0.248 e. The van der Waals surface area contributed by atoms with Crippen LogP contribution < -0.4 is 14.4 Å². The van der Waals surface area contributed by atoms with Crippen molar-refractivity contribution < 1.29 is 17.9 Å². The van der Waals surface area contributed by atoms with Gasteiger partial charge in [-0.1, -0.05) is 29.8 Å². The highest BCUT2D eigenvalue weighted by Gasteiger charge is 2.29. The second-order valence-corrected chi connectivity index (χ2v) is 8.12. The van der Waals surface area contributed by atoms with E-state index in [1.165, 1.54) is 20.1 Å². The maximum atomic E-state index is 12.7. The molecule has 0 heterocycles. The van der Waals surface area contributed by atoms with Crippen LogP contribution in [0.1, 0.15) is 12.5 Å². The van der Waals surface area contributed by atoms with E-state index in [1.807, 2.05) is 6.92 Å². The Labute approximate surface area is 158 Å². The molecular formula is C18H21ClN2O4S. The molecule has 0 unspecified atom stereocenters. The number of anilines is 2. The molecule has 0 saturated heterocycles. The predicted molar refractivity (Wildman–Crippen MR) is 105 cm³/mol. The van der Waals surface area contributed by atoms with E-state index in [-0.39, 0.29) is 0 Å². The van der Waals surface area contributed by atoms with Crippen LogP contribution >= 0.6 is 11.6 Å². The largest absolute Gasteiger partial charge is 0.495 e. The molecule has 1 amide bonds. The van der Waals surface area contributed by atoms with Crippen LogP contribution in [0.3, 0.4) is 0 Å². The number of sulfonamides is 1. The quantitative estimate of drug-likeness (QED) is 0.811. The summed E-state index contributed by atoms with van der Waals surface area (Å²) >= 11 is 6.12. The average Bonchev–Trinajstić information content (AvgIpc) is 2.57. The van der Waals surface area contributed by atoms with Gasteiger partial charge in [0.2, 0.25) is 15.9 Å². The van der Waals surface area contributed by atoms with Crippen LogP contribution in [0.4, 0.5) is 11.4 Å². The number of methoxy groups -OCH3 is 1. The highest BCUT2D eigenvalue weighted by atomic mass is 35.5. The Morgan fingerprint density at radius 2 is 1.88 bits per heavy atom. The zero-order valence-corrected chi connectivity index (χ0v) is 16.6. The lowest BCUT2D eigenvalue weighted by Gasteiger charge is -2.28. The number of carbonyl (C=O) groups is 1. The van der Waals surface area contributed by atoms with Crippen molar-refractivity contribution >= 4 is 38.9 Å². The van der Waals surface area contributed by atoms with Crippen LogP contribution in [0.5, 0.6) is 5.75 Å². The molecule has 0 aliphatic carbocycles. The third kappa shape index (κ3) is 4.47. The Kier molecular flexibility index (Phi) is 6.15. The average molecular weight is 397 g/mol. The van der Waals surface area contributed by atoms with E-state index in [1.54, 1.807) is 36.4 Å². The molecule has 140 valence electrons. The first-order chi connectivity index (χ1) is 12.1. The van der Waals surface area contributed by atoms with Crippen molar-refractivity contribution in [2.75, 3.05) is 23.0 Å². The van der Waals surface area contributed by atoms with Gasteiger partial charge in [-0.05, 0) is 43.7 Å². The molecule has 0 radical (unpaired) electrons. The summed E-state index contributed by atoms with van der Waals surface area (Å²) in [5, 5.41) is 3.13. The Morgan fingerprint density at radius 3 is 2.46 bits per heavy atom. The number of ether oxygens (including phenoxy) is 1. The first-order valence-electron chi connectivity index (χ1n) is 7.84. The Bertz CT molecular complexity index is 915. The molecule has 0 fully saturated rings. The number of hydrogen-bond acceptors (Lipinski definition) is 4. The van der Waals surface area contributed by atoms with E-state index in [4.69, 9.17) is 16.3 Å². The first-order valence-corrected chi connectivity index (χ1v) is 10.1. The van der Waals surface area contributed by atoms with Crippen molar-refractivity contribution in [3.8, 4) is 5.75 Å². The lowest BCUT2D eigenvalue weighted by Crippen LogP contribution is -2.45. The van der Waals surface area contributed by atoms with Gasteiger partial charge >= 0.3 is 0 Å². The summed E-state index contributed by atoms with van der Waals surface area (Å²) in [6.07, 6.45) is 1.05. The maximum Gasteiger partial charge on any atom is 0.248 e. The molecule has 1 atom stereocenters. The third-order valence-corrected chi connectivity index (χ3v) is 5.51. The van der Waals surface area contributed by atoms with Gasteiger partial charge in [0, 0.05) is 5.02 Å². The standard InChI is InChI=1S/C18H21ClN2O4S/c1-12-9-10-14(11-15(12)19)21(26(4,23)24)13(2)18(22)20-16-7-5-6-8-17(16)25-3/h5-11,13H,1-4H3,(H,20,22)/t13-/m0/s1. The Balaban J connectivity index is 2.36. The van der Waals surface area contributed by atoms with E-state index in [0.29, 0.717) is 22.1 Å². The van der Waals surface area contributed by atoms with Gasteiger partial charge in [0.1, 0.15) is 11.8 Å². The summed E-state index contributed by atoms with van der Waals surface area (Å²) in [6.45, 7) is 3.33. The highest BCUT2D eigenvalue weighted by Crippen LogP contribution is 2.28. The molecule has 1 N–H and O–H groups in total. The van der Waals surface area contributed by atoms with Crippen LogP contribution in [-0.2, 0) is 14.8 Å². The minimum Gasteiger partial charge on any atom is -0.495 e. The number of rotatable bonds is 6. The SMILES string of the molecule is COc1ccccc1NC(=O)[C@H](C)N(c1ccc(C)c(Cl)c1)S(C)(=O)=O. The molecule has 0 spiro atoms. The normalized spacial score (nSPS) is 12.3. The number of halogens is 1. The first kappa shape index (κ1) is 20.1. The van der Waals surface area contributed by atoms with Crippen molar-refractivity contribution in [2.45, 2.75) is 19.9 Å². The van der Waals surface area contributed by atoms with Crippen LogP contribution in [0.15, 0.2) is 42.5 Å². The second-order valence-electron chi connectivity index (χ2n) is 5.86. The molecule has 2 aromatic carbocycles. The summed E-state index contributed by atoms with van der Waals surface area (Å²) in [4.78, 5) is 12.7. The maximum absolute atomic E-state index is 12.7. The van der Waals surface area contributed by atoms with Crippen molar-refractivity contribution in [1.82, 2.24) is 0 Å². The van der Waals surface area contributed by atoms with Gasteiger partial charge < -0.3 is 10.1 Å². The molecule has 8 heteroatoms. The Morgan fingerprint density at radius 1 is 1.23 bits per heavy atom. The topological polar surface area (TPSA) is 75.7 Å². The summed E-state index contributed by atoms with van der Waals surface area (Å²) in [5.74, 6) is -0.00559. The molecule has 0 aliphatic heterocycles. The van der Waals surface area contributed by atoms with Crippen LogP contribution in [0.2, 0.25) is 5.02 Å². The van der Waals surface area contributed by atoms with Gasteiger partial charge in [0.15, 0.2) is 0 Å². The summed E-state index contributed by atoms with van der Waals surface area (Å²) in [7, 11) is -2.23. The number of benzene rings is 2. The van der Waals surface area contributed by atoms with E-state index in [0.717, 1.165) is 16.1 Å². The van der Waals surface area contributed by atoms with Crippen LogP contribution in [0.25, 0.3) is 0 Å². The third-order valence-electron chi connectivity index (χ3n) is 3.86. The molecular weight excluding hydrogens is 376 g/mol. The molecule has 2 aromatic rings. The highest BCUT2D eigenvalue weighted by molar-refractivity contribution is 7.92. The van der Waals surface area contributed by atoms with Gasteiger partial charge in [0.25, 0.3) is 0 Å². The van der Waals surface area contributed by atoms with E-state index < -0.39 is 22.0 Å². The van der Waals surface area contributed by atoms with Gasteiger partial charge in [0.05, 0.1) is 24.7 Å². The number of hydrogen-bond donors (Lipinski definition) is 1. The van der Waals surface area contributed by atoms with Crippen LogP contribution in [0, 0.1) is 6.92 Å². The van der Waals surface area contributed by atoms with Crippen molar-refractivity contribution in [1.29, 1.82) is 0 Å². The van der Waals surface area contributed by atoms with Gasteiger partial charge in [-0.2, -0.15) is 0 Å². The zero-order chi connectivity index (χ0) is 19.5. The van der Waals surface area contributed by atoms with E-state index in [9.17, 15) is 13.2 Å². The van der Waals surface area contributed by atoms with Gasteiger partial charge in [-0.15, -0.1) is 0 Å². The fourth-order valence-electron chi connectivity index (χ4n) is 2.51. The number of nitrogens with one attached hydrogen (secondary N) is 1. The summed E-state index contributed by atoms with van der Waals surface area (Å²) in [5.41, 5.74) is 1.60. The van der Waals surface area contributed by atoms with Crippen LogP contribution in [-0.4, -0.2) is 33.7 Å². The Hall–Kier alpha value is -2.25. The number of amides is 1. The molecule has 0 saturated carbocycles. The molecule has 26 heavy (non-hydrogen) atoms. The lowest BCUT2D eigenvalue weighted by molar-refractivity contribution is -0.116. The lowest BCUT2D eigenvalue weighted by atomic mass is 10.2. The number of para-hydroxylation sites is 2. The van der Waals surface area contributed by atoms with Gasteiger partial charge in [-0.25, -0.2) is 8.42 Å². The fraction of sp³-hybridized carbons (Fsp3) is 0.278. The van der Waals surface area contributed by atoms with E-state index in [2.05, 4.69) is 5.32 Å². The molecule has 0 aromatic heterocycles. The van der Waals surface area contributed by atoms with Gasteiger partial charge in [-0.3, -0.25) is 9.10 Å². The minimum absolute atomic E-state index is 0.325. The van der Waals surface area contributed by atoms with Crippen molar-refractivity contribution in [2.24, 2.45) is 0 Å². The predicted octanol–water partition coefficient (Wildman–Crippen LogP) is 3.45. The number of carbonyl (C=O) groups excluding carboxylic acids is 1. The summed E-state index contributed by atoms with van der Waals surface area (Å²) < 4.78 is 30.9. The fourth-order valence-corrected chi connectivity index (χ4v) is 3.85. The minimum atomic E-state index is -3.72. The van der Waals surface area contributed by atoms with E-state index >= 15 is 0 Å². The second kappa shape index (κ2) is 7.97. The van der Waals surface area contributed by atoms with Crippen molar-refractivity contribution in [3.05, 3.63) is 53.1 Å². The summed E-state index contributed by atoms with van der Waals surface area (Å²) in [6, 6.07) is 10.8. The molecule has 2 rings (SSSR count). The zero-order valence-electron chi connectivity index (χ0n) is 15.0. The number of nitrogens with zero attached hydrogens (tertiary/aromatic N) is 1. The molecule has 6 nitrogen and oxygen atoms in total. The van der Waals surface area contributed by atoms with Crippen molar-refractivity contribution in [3.63, 3.8) is 0 Å². The monoisotopic (exact) mass is 396 g/mol. The molecule has 0 aliphatic rings.